The predicted molar refractivity (Wildman–Crippen MR) is 106 cm³/mol. The van der Waals surface area contributed by atoms with Crippen molar-refractivity contribution in [1.82, 2.24) is 29.9 Å². The number of aromatic nitrogens is 5. The quantitative estimate of drug-likeness (QED) is 0.555. The smallest absolute Gasteiger partial charge is 0.272 e. The third-order valence-electron chi connectivity index (χ3n) is 4.25. The van der Waals surface area contributed by atoms with Gasteiger partial charge in [0.25, 0.3) is 5.91 Å². The minimum absolute atomic E-state index is 0.268. The Kier molecular flexibility index (Phi) is 4.97. The fraction of sp³-hybridized carbons (Fsp3) is 0.211. The number of amides is 1. The molecule has 0 aliphatic heterocycles. The van der Waals surface area contributed by atoms with Crippen molar-refractivity contribution in [3.8, 4) is 0 Å². The van der Waals surface area contributed by atoms with Crippen LogP contribution in [-0.2, 0) is 0 Å². The number of thioether (sulfide) groups is 1. The van der Waals surface area contributed by atoms with E-state index in [4.69, 9.17) is 0 Å². The number of hydrogen-bond donors (Lipinski definition) is 1. The third kappa shape index (κ3) is 3.61. The van der Waals surface area contributed by atoms with Crippen LogP contribution in [0.2, 0.25) is 0 Å². The summed E-state index contributed by atoms with van der Waals surface area (Å²) in [6, 6.07) is 12.9. The van der Waals surface area contributed by atoms with Gasteiger partial charge in [0.1, 0.15) is 5.69 Å². The molecule has 1 unspecified atom stereocenters. The summed E-state index contributed by atoms with van der Waals surface area (Å²) in [5.41, 5.74) is 2.49. The fourth-order valence-corrected chi connectivity index (χ4v) is 3.37. The Balaban J connectivity index is 1.63. The molecule has 1 N–H and O–H groups in total. The van der Waals surface area contributed by atoms with E-state index in [2.05, 4.69) is 25.5 Å². The van der Waals surface area contributed by atoms with E-state index >= 15 is 0 Å². The summed E-state index contributed by atoms with van der Waals surface area (Å²) in [4.78, 5) is 21.6. The molecule has 136 valence electrons. The Labute approximate surface area is 160 Å². The summed E-state index contributed by atoms with van der Waals surface area (Å²) in [6.45, 7) is 0. The Morgan fingerprint density at radius 2 is 1.96 bits per heavy atom. The molecule has 0 aliphatic rings. The lowest BCUT2D eigenvalue weighted by Gasteiger charge is -2.16. The van der Waals surface area contributed by atoms with E-state index in [0.717, 1.165) is 23.3 Å². The van der Waals surface area contributed by atoms with Gasteiger partial charge >= 0.3 is 0 Å². The number of hydrogen-bond acceptors (Lipinski definition) is 6. The van der Waals surface area contributed by atoms with Crippen molar-refractivity contribution in [1.29, 1.82) is 0 Å². The highest BCUT2D eigenvalue weighted by Gasteiger charge is 2.21. The van der Waals surface area contributed by atoms with Crippen LogP contribution in [0.25, 0.3) is 16.7 Å². The molecule has 0 saturated carbocycles. The van der Waals surface area contributed by atoms with Crippen molar-refractivity contribution in [3.05, 3.63) is 66.4 Å². The van der Waals surface area contributed by atoms with Crippen LogP contribution in [0.3, 0.4) is 0 Å². The molecule has 0 saturated heterocycles. The van der Waals surface area contributed by atoms with E-state index < -0.39 is 0 Å². The summed E-state index contributed by atoms with van der Waals surface area (Å²) < 4.78 is 1.90. The van der Waals surface area contributed by atoms with E-state index in [-0.39, 0.29) is 17.6 Å². The molecule has 4 aromatic rings. The molecule has 0 aliphatic carbocycles. The minimum Gasteiger partial charge on any atom is -0.341 e. The van der Waals surface area contributed by atoms with E-state index in [9.17, 15) is 4.79 Å². The summed E-state index contributed by atoms with van der Waals surface area (Å²) in [7, 11) is 0. The highest BCUT2D eigenvalue weighted by Crippen LogP contribution is 2.19. The molecular weight excluding hydrogens is 360 g/mol. The number of nitrogens with one attached hydrogen (secondary N) is 1. The number of carbonyl (C=O) groups excluding carboxylic acids is 1. The number of fused-ring (bicyclic) bond motifs is 2. The Hall–Kier alpha value is -3.00. The second-order valence-corrected chi connectivity index (χ2v) is 7.02. The topological polar surface area (TPSA) is 85.1 Å². The maximum absolute atomic E-state index is 12.8. The van der Waals surface area contributed by atoms with Gasteiger partial charge in [0.15, 0.2) is 11.5 Å². The highest BCUT2D eigenvalue weighted by atomic mass is 32.2. The Morgan fingerprint density at radius 1 is 1.15 bits per heavy atom. The average Bonchev–Trinajstić information content (AvgIpc) is 3.14. The second kappa shape index (κ2) is 7.71. The van der Waals surface area contributed by atoms with Gasteiger partial charge in [0.2, 0.25) is 0 Å². The van der Waals surface area contributed by atoms with Crippen LogP contribution in [0, 0.1) is 0 Å². The summed E-state index contributed by atoms with van der Waals surface area (Å²) in [5.74, 6) is 1.32. The van der Waals surface area contributed by atoms with Crippen LogP contribution >= 0.6 is 11.8 Å². The first-order chi connectivity index (χ1) is 13.3. The molecule has 8 heteroatoms. The van der Waals surface area contributed by atoms with Gasteiger partial charge in [-0.15, -0.1) is 10.2 Å². The zero-order valence-corrected chi connectivity index (χ0v) is 15.6. The Bertz CT molecular complexity index is 1100. The van der Waals surface area contributed by atoms with Crippen molar-refractivity contribution in [2.45, 2.75) is 12.5 Å². The molecule has 0 radical (unpaired) electrons. The largest absolute Gasteiger partial charge is 0.341 e. The lowest BCUT2D eigenvalue weighted by Crippen LogP contribution is -2.31. The molecule has 0 fully saturated rings. The van der Waals surface area contributed by atoms with Gasteiger partial charge in [-0.1, -0.05) is 18.2 Å². The number of rotatable bonds is 6. The Morgan fingerprint density at radius 3 is 2.81 bits per heavy atom. The summed E-state index contributed by atoms with van der Waals surface area (Å²) in [5, 5.41) is 11.5. The molecule has 27 heavy (non-hydrogen) atoms. The van der Waals surface area contributed by atoms with Crippen LogP contribution in [0.1, 0.15) is 28.8 Å². The number of benzene rings is 1. The molecule has 4 rings (SSSR count). The van der Waals surface area contributed by atoms with Gasteiger partial charge < -0.3 is 5.32 Å². The first-order valence-electron chi connectivity index (χ1n) is 8.57. The lowest BCUT2D eigenvalue weighted by atomic mass is 10.2. The SMILES string of the molecule is CSCCC(NC(=O)c1cnc2ccccc2n1)c1nnc2ccccn12. The fourth-order valence-electron chi connectivity index (χ4n) is 2.90. The van der Waals surface area contributed by atoms with Crippen LogP contribution in [0.15, 0.2) is 54.9 Å². The first-order valence-corrected chi connectivity index (χ1v) is 9.97. The van der Waals surface area contributed by atoms with Gasteiger partial charge in [-0.05, 0) is 42.7 Å². The maximum atomic E-state index is 12.8. The van der Waals surface area contributed by atoms with Gasteiger partial charge in [-0.2, -0.15) is 11.8 Å². The molecule has 3 aromatic heterocycles. The number of pyridine rings is 1. The van der Waals surface area contributed by atoms with Gasteiger partial charge in [-0.3, -0.25) is 14.2 Å². The highest BCUT2D eigenvalue weighted by molar-refractivity contribution is 7.98. The standard InChI is InChI=1S/C19H18N6OS/c1-27-11-9-15(18-24-23-17-8-4-5-10-25(17)18)22-19(26)16-12-20-13-6-2-3-7-14(13)21-16/h2-8,10,12,15H,9,11H2,1H3,(H,22,26). The van der Waals surface area contributed by atoms with Crippen molar-refractivity contribution < 1.29 is 4.79 Å². The molecule has 1 atom stereocenters. The number of nitrogens with zero attached hydrogens (tertiary/aromatic N) is 5. The molecule has 7 nitrogen and oxygen atoms in total. The molecular formula is C19H18N6OS. The van der Waals surface area contributed by atoms with Crippen molar-refractivity contribution >= 4 is 34.3 Å². The zero-order chi connectivity index (χ0) is 18.6. The molecule has 3 heterocycles. The number of carbonyl (C=O) groups is 1. The molecule has 0 spiro atoms. The summed E-state index contributed by atoms with van der Waals surface area (Å²) in [6.07, 6.45) is 6.18. The normalized spacial score (nSPS) is 12.3. The van der Waals surface area contributed by atoms with Gasteiger partial charge in [0, 0.05) is 6.20 Å². The summed E-state index contributed by atoms with van der Waals surface area (Å²) >= 11 is 1.72. The predicted octanol–water partition coefficient (Wildman–Crippen LogP) is 2.90. The van der Waals surface area contributed by atoms with Crippen molar-refractivity contribution in [3.63, 3.8) is 0 Å². The van der Waals surface area contributed by atoms with Gasteiger partial charge in [-0.25, -0.2) is 4.98 Å². The maximum Gasteiger partial charge on any atom is 0.272 e. The average molecular weight is 378 g/mol. The minimum atomic E-state index is -0.271. The van der Waals surface area contributed by atoms with Gasteiger partial charge in [0.05, 0.1) is 23.3 Å². The second-order valence-electron chi connectivity index (χ2n) is 6.04. The van der Waals surface area contributed by atoms with Crippen LogP contribution < -0.4 is 5.32 Å². The number of para-hydroxylation sites is 2. The zero-order valence-electron chi connectivity index (χ0n) is 14.7. The molecule has 1 aromatic carbocycles. The van der Waals surface area contributed by atoms with Crippen LogP contribution in [-0.4, -0.2) is 42.5 Å². The first kappa shape index (κ1) is 17.4. The van der Waals surface area contributed by atoms with E-state index in [1.165, 1.54) is 6.20 Å². The van der Waals surface area contributed by atoms with E-state index in [1.54, 1.807) is 11.8 Å². The molecule has 0 bridgehead atoms. The van der Waals surface area contributed by atoms with Crippen LogP contribution in [0.5, 0.6) is 0 Å². The lowest BCUT2D eigenvalue weighted by molar-refractivity contribution is 0.0928. The monoisotopic (exact) mass is 378 g/mol. The van der Waals surface area contributed by atoms with E-state index in [1.807, 2.05) is 59.3 Å². The van der Waals surface area contributed by atoms with E-state index in [0.29, 0.717) is 11.3 Å². The van der Waals surface area contributed by atoms with Crippen LogP contribution in [0.4, 0.5) is 0 Å². The third-order valence-corrected chi connectivity index (χ3v) is 4.89. The van der Waals surface area contributed by atoms with Crippen molar-refractivity contribution in [2.24, 2.45) is 0 Å². The van der Waals surface area contributed by atoms with Crippen molar-refractivity contribution in [2.75, 3.05) is 12.0 Å². The molecule has 1 amide bonds.